The third kappa shape index (κ3) is 2.98. The Kier molecular flexibility index (Phi) is 4.81. The van der Waals surface area contributed by atoms with Crippen molar-refractivity contribution in [2.45, 2.75) is 20.4 Å². The van der Waals surface area contributed by atoms with Crippen molar-refractivity contribution < 1.29 is 0 Å². The SMILES string of the molecule is C#CCN(CC)c1ccc(CNC)c(C)n1. The van der Waals surface area contributed by atoms with Crippen LogP contribution in [0.2, 0.25) is 0 Å². The van der Waals surface area contributed by atoms with Crippen molar-refractivity contribution in [2.75, 3.05) is 25.0 Å². The Morgan fingerprint density at radius 3 is 2.75 bits per heavy atom. The minimum absolute atomic E-state index is 0.605. The molecule has 1 heterocycles. The lowest BCUT2D eigenvalue weighted by Gasteiger charge is -2.20. The van der Waals surface area contributed by atoms with E-state index >= 15 is 0 Å². The van der Waals surface area contributed by atoms with Gasteiger partial charge >= 0.3 is 0 Å². The molecule has 0 spiro atoms. The summed E-state index contributed by atoms with van der Waals surface area (Å²) in [5, 5.41) is 3.13. The number of aryl methyl sites for hydroxylation is 1. The highest BCUT2D eigenvalue weighted by atomic mass is 15.2. The molecule has 1 rings (SSSR count). The largest absolute Gasteiger partial charge is 0.346 e. The van der Waals surface area contributed by atoms with Gasteiger partial charge in [-0.1, -0.05) is 12.0 Å². The molecule has 0 amide bonds. The van der Waals surface area contributed by atoms with Crippen molar-refractivity contribution in [1.82, 2.24) is 10.3 Å². The van der Waals surface area contributed by atoms with Crippen molar-refractivity contribution in [2.24, 2.45) is 0 Å². The van der Waals surface area contributed by atoms with E-state index in [1.807, 2.05) is 20.0 Å². The number of terminal acetylenes is 1. The number of rotatable bonds is 5. The summed E-state index contributed by atoms with van der Waals surface area (Å²) in [7, 11) is 1.93. The van der Waals surface area contributed by atoms with E-state index in [1.165, 1.54) is 5.56 Å². The molecule has 0 saturated carbocycles. The normalized spacial score (nSPS) is 9.88. The Labute approximate surface area is 97.9 Å². The quantitative estimate of drug-likeness (QED) is 0.759. The average Bonchev–Trinajstić information content (AvgIpc) is 2.29. The molecule has 0 aliphatic heterocycles. The van der Waals surface area contributed by atoms with Gasteiger partial charge in [0.15, 0.2) is 0 Å². The summed E-state index contributed by atoms with van der Waals surface area (Å²) >= 11 is 0. The van der Waals surface area contributed by atoms with Gasteiger partial charge in [-0.25, -0.2) is 4.98 Å². The summed E-state index contributed by atoms with van der Waals surface area (Å²) < 4.78 is 0. The summed E-state index contributed by atoms with van der Waals surface area (Å²) in [6.45, 7) is 6.44. The second-order valence-corrected chi connectivity index (χ2v) is 3.66. The Hall–Kier alpha value is -1.53. The van der Waals surface area contributed by atoms with Crippen LogP contribution in [0.4, 0.5) is 5.82 Å². The number of hydrogen-bond donors (Lipinski definition) is 1. The number of pyridine rings is 1. The molecule has 0 saturated heterocycles. The number of hydrogen-bond acceptors (Lipinski definition) is 3. The summed E-state index contributed by atoms with van der Waals surface area (Å²) in [6, 6.07) is 4.13. The van der Waals surface area contributed by atoms with Crippen LogP contribution in [-0.2, 0) is 6.54 Å². The van der Waals surface area contributed by atoms with Crippen LogP contribution in [0.1, 0.15) is 18.2 Å². The first-order valence-corrected chi connectivity index (χ1v) is 5.52. The molecule has 86 valence electrons. The van der Waals surface area contributed by atoms with Gasteiger partial charge in [0.1, 0.15) is 5.82 Å². The van der Waals surface area contributed by atoms with E-state index in [9.17, 15) is 0 Å². The van der Waals surface area contributed by atoms with Crippen LogP contribution in [0, 0.1) is 19.3 Å². The van der Waals surface area contributed by atoms with Gasteiger partial charge in [-0.05, 0) is 32.5 Å². The predicted molar refractivity (Wildman–Crippen MR) is 68.5 cm³/mol. The monoisotopic (exact) mass is 217 g/mol. The van der Waals surface area contributed by atoms with Crippen LogP contribution in [-0.4, -0.2) is 25.1 Å². The van der Waals surface area contributed by atoms with E-state index in [0.29, 0.717) is 6.54 Å². The Morgan fingerprint density at radius 1 is 1.50 bits per heavy atom. The van der Waals surface area contributed by atoms with Gasteiger partial charge in [0.2, 0.25) is 0 Å². The molecule has 0 aliphatic carbocycles. The molecule has 0 unspecified atom stereocenters. The first kappa shape index (κ1) is 12.5. The van der Waals surface area contributed by atoms with Crippen LogP contribution >= 0.6 is 0 Å². The van der Waals surface area contributed by atoms with Crippen molar-refractivity contribution in [1.29, 1.82) is 0 Å². The maximum absolute atomic E-state index is 5.33. The molecule has 1 N–H and O–H groups in total. The molecule has 0 atom stereocenters. The average molecular weight is 217 g/mol. The summed E-state index contributed by atoms with van der Waals surface area (Å²) in [6.07, 6.45) is 5.33. The molecule has 1 aromatic heterocycles. The van der Waals surface area contributed by atoms with E-state index in [-0.39, 0.29) is 0 Å². The molecule has 0 radical (unpaired) electrons. The van der Waals surface area contributed by atoms with Gasteiger partial charge in [0, 0.05) is 18.8 Å². The Bertz CT molecular complexity index is 379. The van der Waals surface area contributed by atoms with Crippen LogP contribution in [0.15, 0.2) is 12.1 Å². The fourth-order valence-electron chi connectivity index (χ4n) is 1.60. The number of nitrogens with one attached hydrogen (secondary N) is 1. The van der Waals surface area contributed by atoms with Crippen LogP contribution in [0.3, 0.4) is 0 Å². The predicted octanol–water partition coefficient (Wildman–Crippen LogP) is 1.57. The zero-order valence-electron chi connectivity index (χ0n) is 10.2. The summed E-state index contributed by atoms with van der Waals surface area (Å²) in [5.41, 5.74) is 2.28. The lowest BCUT2D eigenvalue weighted by atomic mass is 10.2. The molecular formula is C13H19N3. The lowest BCUT2D eigenvalue weighted by Crippen LogP contribution is -2.24. The molecule has 0 aliphatic rings. The van der Waals surface area contributed by atoms with Gasteiger partial charge in [-0.15, -0.1) is 6.42 Å². The second kappa shape index (κ2) is 6.14. The topological polar surface area (TPSA) is 28.2 Å². The van der Waals surface area contributed by atoms with E-state index < -0.39 is 0 Å². The fourth-order valence-corrected chi connectivity index (χ4v) is 1.60. The maximum atomic E-state index is 5.33. The maximum Gasteiger partial charge on any atom is 0.129 e. The zero-order valence-corrected chi connectivity index (χ0v) is 10.2. The number of anilines is 1. The number of aromatic nitrogens is 1. The minimum Gasteiger partial charge on any atom is -0.346 e. The minimum atomic E-state index is 0.605. The van der Waals surface area contributed by atoms with Crippen LogP contribution < -0.4 is 10.2 Å². The highest BCUT2D eigenvalue weighted by Gasteiger charge is 2.06. The standard InChI is InChI=1S/C13H19N3/c1-5-9-16(6-2)13-8-7-12(10-14-4)11(3)15-13/h1,7-8,14H,6,9-10H2,2-4H3. The van der Waals surface area contributed by atoms with E-state index in [4.69, 9.17) is 6.42 Å². The third-order valence-corrected chi connectivity index (χ3v) is 2.54. The van der Waals surface area contributed by atoms with Crippen molar-refractivity contribution in [3.8, 4) is 12.3 Å². The van der Waals surface area contributed by atoms with Gasteiger partial charge in [-0.2, -0.15) is 0 Å². The number of nitrogens with zero attached hydrogens (tertiary/aromatic N) is 2. The van der Waals surface area contributed by atoms with E-state index in [0.717, 1.165) is 24.6 Å². The molecule has 0 aromatic carbocycles. The van der Waals surface area contributed by atoms with Gasteiger partial charge in [0.25, 0.3) is 0 Å². The highest BCUT2D eigenvalue weighted by Crippen LogP contribution is 2.14. The Balaban J connectivity index is 2.91. The van der Waals surface area contributed by atoms with Gasteiger partial charge in [0.05, 0.1) is 6.54 Å². The molecule has 0 bridgehead atoms. The molecular weight excluding hydrogens is 198 g/mol. The molecule has 3 nitrogen and oxygen atoms in total. The van der Waals surface area contributed by atoms with Crippen molar-refractivity contribution in [3.05, 3.63) is 23.4 Å². The fraction of sp³-hybridized carbons (Fsp3) is 0.462. The smallest absolute Gasteiger partial charge is 0.129 e. The third-order valence-electron chi connectivity index (χ3n) is 2.54. The van der Waals surface area contributed by atoms with Gasteiger partial charge in [-0.3, -0.25) is 0 Å². The van der Waals surface area contributed by atoms with E-state index in [2.05, 4.69) is 34.1 Å². The first-order valence-electron chi connectivity index (χ1n) is 5.52. The second-order valence-electron chi connectivity index (χ2n) is 3.66. The molecule has 3 heteroatoms. The summed E-state index contributed by atoms with van der Waals surface area (Å²) in [5.74, 6) is 3.61. The molecule has 0 fully saturated rings. The molecule has 16 heavy (non-hydrogen) atoms. The molecule has 1 aromatic rings. The van der Waals surface area contributed by atoms with Crippen LogP contribution in [0.25, 0.3) is 0 Å². The Morgan fingerprint density at radius 2 is 2.25 bits per heavy atom. The van der Waals surface area contributed by atoms with E-state index in [1.54, 1.807) is 0 Å². The zero-order chi connectivity index (χ0) is 12.0. The van der Waals surface area contributed by atoms with Crippen molar-refractivity contribution in [3.63, 3.8) is 0 Å². The highest BCUT2D eigenvalue weighted by molar-refractivity contribution is 5.42. The van der Waals surface area contributed by atoms with Crippen molar-refractivity contribution >= 4 is 5.82 Å². The lowest BCUT2D eigenvalue weighted by molar-refractivity contribution is 0.799. The first-order chi connectivity index (χ1) is 7.72. The van der Waals surface area contributed by atoms with Gasteiger partial charge < -0.3 is 10.2 Å². The summed E-state index contributed by atoms with van der Waals surface area (Å²) in [4.78, 5) is 6.65. The van der Waals surface area contributed by atoms with Crippen LogP contribution in [0.5, 0.6) is 0 Å².